The fourth-order valence-corrected chi connectivity index (χ4v) is 1.92. The number of hydrogen-bond acceptors (Lipinski definition) is 3. The fourth-order valence-electron chi connectivity index (χ4n) is 1.20. The van der Waals surface area contributed by atoms with Gasteiger partial charge >= 0.3 is 6.03 Å². The van der Waals surface area contributed by atoms with Crippen LogP contribution in [0.4, 0.5) is 4.79 Å². The summed E-state index contributed by atoms with van der Waals surface area (Å²) in [6, 6.07) is 4.43. The SMILES string of the molecule is CC(C)NC(=O)NC(=O)COc1ccc(Br)cc1Cl. The van der Waals surface area contributed by atoms with E-state index in [9.17, 15) is 9.59 Å². The predicted molar refractivity (Wildman–Crippen MR) is 76.5 cm³/mol. The number of amides is 3. The number of benzene rings is 1. The average Bonchev–Trinajstić information content (AvgIpc) is 2.26. The maximum absolute atomic E-state index is 11.4. The van der Waals surface area contributed by atoms with E-state index < -0.39 is 11.9 Å². The van der Waals surface area contributed by atoms with E-state index in [0.29, 0.717) is 10.8 Å². The number of hydrogen-bond donors (Lipinski definition) is 2. The summed E-state index contributed by atoms with van der Waals surface area (Å²) < 4.78 is 6.03. The van der Waals surface area contributed by atoms with Gasteiger partial charge in [-0.25, -0.2) is 4.79 Å². The lowest BCUT2D eigenvalue weighted by molar-refractivity contribution is -0.122. The molecule has 2 N–H and O–H groups in total. The standard InChI is InChI=1S/C12H14BrClN2O3/c1-7(2)15-12(18)16-11(17)6-19-10-4-3-8(13)5-9(10)14/h3-5,7H,6H2,1-2H3,(H2,15,16,17,18). The molecule has 5 nitrogen and oxygen atoms in total. The summed E-state index contributed by atoms with van der Waals surface area (Å²) in [5.41, 5.74) is 0. The average molecular weight is 350 g/mol. The topological polar surface area (TPSA) is 67.4 Å². The van der Waals surface area contributed by atoms with E-state index in [2.05, 4.69) is 26.6 Å². The van der Waals surface area contributed by atoms with Gasteiger partial charge in [0.15, 0.2) is 6.61 Å². The van der Waals surface area contributed by atoms with Gasteiger partial charge in [0.05, 0.1) is 5.02 Å². The third-order valence-electron chi connectivity index (χ3n) is 1.93. The van der Waals surface area contributed by atoms with Crippen LogP contribution in [0.25, 0.3) is 0 Å². The quantitative estimate of drug-likeness (QED) is 0.878. The third-order valence-corrected chi connectivity index (χ3v) is 2.71. The summed E-state index contributed by atoms with van der Waals surface area (Å²) in [5.74, 6) is -0.165. The maximum atomic E-state index is 11.4. The number of carbonyl (C=O) groups excluding carboxylic acids is 2. The second-order valence-corrected chi connectivity index (χ2v) is 5.36. The van der Waals surface area contributed by atoms with E-state index >= 15 is 0 Å². The Kier molecular flexibility index (Phi) is 6.11. The molecular formula is C12H14BrClN2O3. The Balaban J connectivity index is 2.44. The van der Waals surface area contributed by atoms with Crippen molar-refractivity contribution >= 4 is 39.5 Å². The van der Waals surface area contributed by atoms with Crippen LogP contribution < -0.4 is 15.4 Å². The normalized spacial score (nSPS) is 10.2. The lowest BCUT2D eigenvalue weighted by atomic mass is 10.3. The minimum Gasteiger partial charge on any atom is -0.482 e. The molecule has 3 amide bonds. The van der Waals surface area contributed by atoms with Crippen LogP contribution in [0, 0.1) is 0 Å². The fraction of sp³-hybridized carbons (Fsp3) is 0.333. The predicted octanol–water partition coefficient (Wildman–Crippen LogP) is 2.72. The summed E-state index contributed by atoms with van der Waals surface area (Å²) >= 11 is 9.18. The molecule has 0 spiro atoms. The van der Waals surface area contributed by atoms with Crippen LogP contribution in [-0.2, 0) is 4.79 Å². The van der Waals surface area contributed by atoms with Crippen LogP contribution in [0.15, 0.2) is 22.7 Å². The molecule has 0 saturated heterocycles. The van der Waals surface area contributed by atoms with Crippen molar-refractivity contribution in [2.24, 2.45) is 0 Å². The zero-order chi connectivity index (χ0) is 14.4. The van der Waals surface area contributed by atoms with E-state index in [4.69, 9.17) is 16.3 Å². The number of ether oxygens (including phenoxy) is 1. The molecule has 19 heavy (non-hydrogen) atoms. The first-order valence-electron chi connectivity index (χ1n) is 5.56. The van der Waals surface area contributed by atoms with Crippen molar-refractivity contribution in [3.63, 3.8) is 0 Å². The van der Waals surface area contributed by atoms with Gasteiger partial charge in [0, 0.05) is 10.5 Å². The highest BCUT2D eigenvalue weighted by Crippen LogP contribution is 2.27. The van der Waals surface area contributed by atoms with Gasteiger partial charge < -0.3 is 10.1 Å². The Hall–Kier alpha value is -1.27. The first-order valence-corrected chi connectivity index (χ1v) is 6.73. The Labute approximate surface area is 124 Å². The largest absolute Gasteiger partial charge is 0.482 e. The highest BCUT2D eigenvalue weighted by Gasteiger charge is 2.10. The van der Waals surface area contributed by atoms with Crippen molar-refractivity contribution < 1.29 is 14.3 Å². The van der Waals surface area contributed by atoms with Crippen molar-refractivity contribution in [2.45, 2.75) is 19.9 Å². The second-order valence-electron chi connectivity index (χ2n) is 4.04. The first kappa shape index (κ1) is 15.8. The van der Waals surface area contributed by atoms with Gasteiger partial charge in [-0.3, -0.25) is 10.1 Å². The minimum atomic E-state index is -0.550. The number of urea groups is 1. The van der Waals surface area contributed by atoms with Crippen LogP contribution >= 0.6 is 27.5 Å². The summed E-state index contributed by atoms with van der Waals surface area (Å²) in [5, 5.41) is 5.06. The van der Waals surface area contributed by atoms with Gasteiger partial charge in [-0.1, -0.05) is 27.5 Å². The number of imide groups is 1. The second kappa shape index (κ2) is 7.35. The molecule has 0 aliphatic carbocycles. The van der Waals surface area contributed by atoms with E-state index in [0.717, 1.165) is 4.47 Å². The Morgan fingerprint density at radius 3 is 2.68 bits per heavy atom. The molecule has 1 aromatic rings. The number of rotatable bonds is 4. The molecule has 0 atom stereocenters. The Morgan fingerprint density at radius 2 is 2.11 bits per heavy atom. The maximum Gasteiger partial charge on any atom is 0.321 e. The molecular weight excluding hydrogens is 336 g/mol. The summed E-state index contributed by atoms with van der Waals surface area (Å²) in [6.45, 7) is 3.30. The molecule has 104 valence electrons. The molecule has 0 heterocycles. The highest BCUT2D eigenvalue weighted by atomic mass is 79.9. The number of carbonyl (C=O) groups is 2. The van der Waals surface area contributed by atoms with Crippen LogP contribution in [-0.4, -0.2) is 24.6 Å². The van der Waals surface area contributed by atoms with Gasteiger partial charge in [-0.2, -0.15) is 0 Å². The molecule has 0 bridgehead atoms. The van der Waals surface area contributed by atoms with E-state index in [1.54, 1.807) is 32.0 Å². The first-order chi connectivity index (χ1) is 8.88. The smallest absolute Gasteiger partial charge is 0.321 e. The lowest BCUT2D eigenvalue weighted by Crippen LogP contribution is -2.44. The minimum absolute atomic E-state index is 0.0466. The van der Waals surface area contributed by atoms with Crippen molar-refractivity contribution in [3.8, 4) is 5.75 Å². The van der Waals surface area contributed by atoms with Gasteiger partial charge in [-0.05, 0) is 32.0 Å². The number of nitrogens with one attached hydrogen (secondary N) is 2. The Bertz CT molecular complexity index is 480. The summed E-state index contributed by atoms with van der Waals surface area (Å²) in [6.07, 6.45) is 0. The zero-order valence-electron chi connectivity index (χ0n) is 10.5. The molecule has 1 aromatic carbocycles. The van der Waals surface area contributed by atoms with Gasteiger partial charge in [0.25, 0.3) is 5.91 Å². The van der Waals surface area contributed by atoms with Crippen molar-refractivity contribution in [3.05, 3.63) is 27.7 Å². The van der Waals surface area contributed by atoms with E-state index in [1.165, 1.54) is 0 Å². The van der Waals surface area contributed by atoms with Crippen LogP contribution in [0.5, 0.6) is 5.75 Å². The molecule has 0 aromatic heterocycles. The monoisotopic (exact) mass is 348 g/mol. The van der Waals surface area contributed by atoms with Gasteiger partial charge in [-0.15, -0.1) is 0 Å². The molecule has 0 fully saturated rings. The van der Waals surface area contributed by atoms with Gasteiger partial charge in [0.1, 0.15) is 5.75 Å². The van der Waals surface area contributed by atoms with Crippen LogP contribution in [0.1, 0.15) is 13.8 Å². The molecule has 0 aliphatic rings. The van der Waals surface area contributed by atoms with Crippen molar-refractivity contribution in [1.29, 1.82) is 0 Å². The Morgan fingerprint density at radius 1 is 1.42 bits per heavy atom. The third kappa shape index (κ3) is 5.94. The van der Waals surface area contributed by atoms with Crippen molar-refractivity contribution in [1.82, 2.24) is 10.6 Å². The van der Waals surface area contributed by atoms with Crippen molar-refractivity contribution in [2.75, 3.05) is 6.61 Å². The molecule has 0 saturated carbocycles. The van der Waals surface area contributed by atoms with Crippen LogP contribution in [0.2, 0.25) is 5.02 Å². The van der Waals surface area contributed by atoms with Gasteiger partial charge in [0.2, 0.25) is 0 Å². The zero-order valence-corrected chi connectivity index (χ0v) is 12.8. The van der Waals surface area contributed by atoms with Crippen LogP contribution in [0.3, 0.4) is 0 Å². The lowest BCUT2D eigenvalue weighted by Gasteiger charge is -2.10. The highest BCUT2D eigenvalue weighted by molar-refractivity contribution is 9.10. The molecule has 1 rings (SSSR count). The summed E-state index contributed by atoms with van der Waals surface area (Å²) in [4.78, 5) is 22.7. The number of halogens is 2. The van der Waals surface area contributed by atoms with E-state index in [1.807, 2.05) is 0 Å². The molecule has 0 aliphatic heterocycles. The molecule has 7 heteroatoms. The molecule has 0 unspecified atom stereocenters. The van der Waals surface area contributed by atoms with E-state index in [-0.39, 0.29) is 12.6 Å². The molecule has 0 radical (unpaired) electrons. The summed E-state index contributed by atoms with van der Waals surface area (Å²) in [7, 11) is 0.